The first-order valence-corrected chi connectivity index (χ1v) is 3.48. The summed E-state index contributed by atoms with van der Waals surface area (Å²) < 4.78 is 29.0. The third kappa shape index (κ3) is 2.08. The van der Waals surface area contributed by atoms with Gasteiger partial charge in [0.15, 0.2) is 0 Å². The standard InChI is InChI=1S/C8H9F2NO/c9-3-4-12-8-2-1-6(10)5-7(8)11/h1-2,5H,3-4,11H2. The third-order valence-corrected chi connectivity index (χ3v) is 1.31. The molecule has 0 radical (unpaired) electrons. The molecule has 0 saturated heterocycles. The molecule has 1 aromatic rings. The highest BCUT2D eigenvalue weighted by Gasteiger charge is 2.00. The minimum Gasteiger partial charge on any atom is -0.489 e. The first-order valence-electron chi connectivity index (χ1n) is 3.48. The van der Waals surface area contributed by atoms with E-state index < -0.39 is 12.5 Å². The second kappa shape index (κ2) is 3.90. The molecule has 12 heavy (non-hydrogen) atoms. The molecule has 0 aliphatic carbocycles. The van der Waals surface area contributed by atoms with Crippen molar-refractivity contribution >= 4 is 5.69 Å². The number of nitrogens with two attached hydrogens (primary N) is 1. The van der Waals surface area contributed by atoms with Crippen LogP contribution in [0.15, 0.2) is 18.2 Å². The van der Waals surface area contributed by atoms with E-state index >= 15 is 0 Å². The number of alkyl halides is 1. The van der Waals surface area contributed by atoms with E-state index in [2.05, 4.69) is 0 Å². The predicted molar refractivity (Wildman–Crippen MR) is 42.3 cm³/mol. The number of halogens is 2. The van der Waals surface area contributed by atoms with Crippen LogP contribution in [0.2, 0.25) is 0 Å². The number of nitrogen functional groups attached to an aromatic ring is 1. The molecule has 0 unspecified atom stereocenters. The van der Waals surface area contributed by atoms with Crippen molar-refractivity contribution in [2.45, 2.75) is 0 Å². The minimum absolute atomic E-state index is 0.0597. The van der Waals surface area contributed by atoms with Crippen LogP contribution in [-0.4, -0.2) is 13.3 Å². The molecule has 0 amide bonds. The Bertz CT molecular complexity index is 265. The second-order valence-corrected chi connectivity index (χ2v) is 2.22. The van der Waals surface area contributed by atoms with Crippen LogP contribution in [0.4, 0.5) is 14.5 Å². The van der Waals surface area contributed by atoms with Gasteiger partial charge in [-0.05, 0) is 12.1 Å². The fourth-order valence-electron chi connectivity index (χ4n) is 0.799. The van der Waals surface area contributed by atoms with Crippen LogP contribution in [0.3, 0.4) is 0 Å². The van der Waals surface area contributed by atoms with E-state index in [9.17, 15) is 8.78 Å². The molecule has 0 bridgehead atoms. The van der Waals surface area contributed by atoms with Crippen molar-refractivity contribution in [2.75, 3.05) is 19.0 Å². The lowest BCUT2D eigenvalue weighted by Crippen LogP contribution is -2.01. The Balaban J connectivity index is 2.72. The number of rotatable bonds is 3. The zero-order valence-electron chi connectivity index (χ0n) is 6.39. The van der Waals surface area contributed by atoms with E-state index in [0.29, 0.717) is 5.75 Å². The molecular weight excluding hydrogens is 164 g/mol. The van der Waals surface area contributed by atoms with Crippen molar-refractivity contribution in [3.8, 4) is 5.75 Å². The minimum atomic E-state index is -0.586. The maximum Gasteiger partial charge on any atom is 0.142 e. The van der Waals surface area contributed by atoms with Gasteiger partial charge in [0.1, 0.15) is 24.8 Å². The zero-order valence-corrected chi connectivity index (χ0v) is 6.39. The molecule has 0 aliphatic rings. The molecule has 0 fully saturated rings. The molecule has 1 rings (SSSR count). The molecule has 0 spiro atoms. The third-order valence-electron chi connectivity index (χ3n) is 1.31. The van der Waals surface area contributed by atoms with E-state index in [1.165, 1.54) is 12.1 Å². The quantitative estimate of drug-likeness (QED) is 0.707. The average molecular weight is 173 g/mol. The van der Waals surface area contributed by atoms with Crippen LogP contribution < -0.4 is 10.5 Å². The summed E-state index contributed by atoms with van der Waals surface area (Å²) in [5.74, 6) is -0.117. The van der Waals surface area contributed by atoms with Gasteiger partial charge >= 0.3 is 0 Å². The number of ether oxygens (including phenoxy) is 1. The van der Waals surface area contributed by atoms with Crippen molar-refractivity contribution in [3.63, 3.8) is 0 Å². The summed E-state index contributed by atoms with van der Waals surface area (Å²) in [5, 5.41) is 0. The Morgan fingerprint density at radius 1 is 1.42 bits per heavy atom. The van der Waals surface area contributed by atoms with Gasteiger partial charge in [0.25, 0.3) is 0 Å². The first kappa shape index (κ1) is 8.77. The Hall–Kier alpha value is -1.32. The van der Waals surface area contributed by atoms with Gasteiger partial charge < -0.3 is 10.5 Å². The topological polar surface area (TPSA) is 35.2 Å². The van der Waals surface area contributed by atoms with Crippen LogP contribution in [0.5, 0.6) is 5.75 Å². The highest BCUT2D eigenvalue weighted by atomic mass is 19.1. The van der Waals surface area contributed by atoms with Crippen molar-refractivity contribution in [3.05, 3.63) is 24.0 Å². The first-order chi connectivity index (χ1) is 5.74. The Morgan fingerprint density at radius 2 is 2.17 bits per heavy atom. The van der Waals surface area contributed by atoms with E-state index in [0.717, 1.165) is 6.07 Å². The molecule has 0 heterocycles. The van der Waals surface area contributed by atoms with Crippen molar-refractivity contribution < 1.29 is 13.5 Å². The van der Waals surface area contributed by atoms with E-state index in [1.54, 1.807) is 0 Å². The van der Waals surface area contributed by atoms with Crippen molar-refractivity contribution in [2.24, 2.45) is 0 Å². The van der Waals surface area contributed by atoms with Gasteiger partial charge in [-0.15, -0.1) is 0 Å². The van der Waals surface area contributed by atoms with Crippen molar-refractivity contribution in [1.29, 1.82) is 0 Å². The summed E-state index contributed by atoms with van der Waals surface area (Å²) in [4.78, 5) is 0. The lowest BCUT2D eigenvalue weighted by atomic mass is 10.3. The molecule has 4 heteroatoms. The maximum atomic E-state index is 12.5. The number of hydrogen-bond donors (Lipinski definition) is 1. The molecule has 0 saturated carbocycles. The fourth-order valence-corrected chi connectivity index (χ4v) is 0.799. The van der Waals surface area contributed by atoms with Gasteiger partial charge in [0, 0.05) is 6.07 Å². The van der Waals surface area contributed by atoms with Crippen molar-refractivity contribution in [1.82, 2.24) is 0 Å². The van der Waals surface area contributed by atoms with Gasteiger partial charge in [0.05, 0.1) is 5.69 Å². The summed E-state index contributed by atoms with van der Waals surface area (Å²) in [6.45, 7) is -0.646. The lowest BCUT2D eigenvalue weighted by molar-refractivity contribution is 0.274. The largest absolute Gasteiger partial charge is 0.489 e. The highest BCUT2D eigenvalue weighted by Crippen LogP contribution is 2.21. The van der Waals surface area contributed by atoms with Crippen LogP contribution in [0, 0.1) is 5.82 Å². The lowest BCUT2D eigenvalue weighted by Gasteiger charge is -2.05. The van der Waals surface area contributed by atoms with E-state index in [-0.39, 0.29) is 12.3 Å². The second-order valence-electron chi connectivity index (χ2n) is 2.22. The smallest absolute Gasteiger partial charge is 0.142 e. The van der Waals surface area contributed by atoms with Crippen LogP contribution in [0.25, 0.3) is 0 Å². The molecule has 2 N–H and O–H groups in total. The normalized spacial score (nSPS) is 9.83. The Kier molecular flexibility index (Phi) is 2.85. The molecule has 1 aromatic carbocycles. The Morgan fingerprint density at radius 3 is 2.75 bits per heavy atom. The van der Waals surface area contributed by atoms with Gasteiger partial charge in [-0.1, -0.05) is 0 Å². The summed E-state index contributed by atoms with van der Waals surface area (Å²) in [5.41, 5.74) is 5.56. The molecule has 0 aliphatic heterocycles. The summed E-state index contributed by atoms with van der Waals surface area (Å²) in [6.07, 6.45) is 0. The summed E-state index contributed by atoms with van der Waals surface area (Å²) >= 11 is 0. The molecule has 0 aromatic heterocycles. The van der Waals surface area contributed by atoms with Gasteiger partial charge in [-0.3, -0.25) is 0 Å². The Labute approximate surface area is 68.9 Å². The zero-order chi connectivity index (χ0) is 8.97. The van der Waals surface area contributed by atoms with Gasteiger partial charge in [0.2, 0.25) is 0 Å². The summed E-state index contributed by atoms with van der Waals surface area (Å²) in [6, 6.07) is 3.72. The average Bonchev–Trinajstić information content (AvgIpc) is 2.03. The van der Waals surface area contributed by atoms with Crippen LogP contribution >= 0.6 is 0 Å². The number of benzene rings is 1. The van der Waals surface area contributed by atoms with Gasteiger partial charge in [-0.25, -0.2) is 8.78 Å². The summed E-state index contributed by atoms with van der Waals surface area (Å²) in [7, 11) is 0. The van der Waals surface area contributed by atoms with Crippen LogP contribution in [-0.2, 0) is 0 Å². The monoisotopic (exact) mass is 173 g/mol. The molecule has 2 nitrogen and oxygen atoms in total. The van der Waals surface area contributed by atoms with E-state index in [1.807, 2.05) is 0 Å². The van der Waals surface area contributed by atoms with Gasteiger partial charge in [-0.2, -0.15) is 0 Å². The van der Waals surface area contributed by atoms with E-state index in [4.69, 9.17) is 10.5 Å². The molecule has 66 valence electrons. The fraction of sp³-hybridized carbons (Fsp3) is 0.250. The van der Waals surface area contributed by atoms with Crippen LogP contribution in [0.1, 0.15) is 0 Å². The predicted octanol–water partition coefficient (Wildman–Crippen LogP) is 1.76. The maximum absolute atomic E-state index is 12.5. The highest BCUT2D eigenvalue weighted by molar-refractivity contribution is 5.52. The number of anilines is 1. The molecular formula is C8H9F2NO. The molecule has 0 atom stereocenters. The number of hydrogen-bond acceptors (Lipinski definition) is 2. The SMILES string of the molecule is Nc1cc(F)ccc1OCCF.